The fourth-order valence-corrected chi connectivity index (χ4v) is 5.13. The highest BCUT2D eigenvalue weighted by Gasteiger charge is 2.48. The van der Waals surface area contributed by atoms with Gasteiger partial charge in [0, 0.05) is 48.7 Å². The second-order valence-corrected chi connectivity index (χ2v) is 8.60. The number of amides is 1. The number of fused-ring (bicyclic) bond motifs is 3. The highest BCUT2D eigenvalue weighted by atomic mass is 16.5. The van der Waals surface area contributed by atoms with Crippen LogP contribution in [0, 0.1) is 17.8 Å². The van der Waals surface area contributed by atoms with Crippen molar-refractivity contribution in [1.29, 1.82) is 0 Å². The molecule has 0 radical (unpaired) electrons. The molecule has 34 heavy (non-hydrogen) atoms. The van der Waals surface area contributed by atoms with Gasteiger partial charge < -0.3 is 19.6 Å². The number of carbonyl (C=O) groups is 1. The number of aliphatic hydroxyl groups excluding tert-OH is 1. The Bertz CT molecular complexity index is 1250. The Hall–Kier alpha value is -3.89. The maximum Gasteiger partial charge on any atom is 0.274 e. The minimum absolute atomic E-state index is 0.0311. The maximum atomic E-state index is 13.3. The van der Waals surface area contributed by atoms with Crippen LogP contribution in [0.5, 0.6) is 5.75 Å². The number of ether oxygens (including phenoxy) is 1. The largest absolute Gasteiger partial charge is 0.497 e. The third-order valence-corrected chi connectivity index (χ3v) is 6.83. The van der Waals surface area contributed by atoms with Crippen LogP contribution in [-0.2, 0) is 0 Å². The van der Waals surface area contributed by atoms with Crippen molar-refractivity contribution >= 4 is 11.6 Å². The van der Waals surface area contributed by atoms with Crippen molar-refractivity contribution in [2.45, 2.75) is 18.5 Å². The number of carbonyl (C=O) groups excluding carboxylic acids is 1. The molecule has 7 nitrogen and oxygen atoms in total. The van der Waals surface area contributed by atoms with E-state index < -0.39 is 0 Å². The van der Waals surface area contributed by atoms with E-state index in [9.17, 15) is 9.90 Å². The molecule has 2 aliphatic heterocycles. The Morgan fingerprint density at radius 3 is 2.62 bits per heavy atom. The van der Waals surface area contributed by atoms with Gasteiger partial charge in [0.1, 0.15) is 11.4 Å². The van der Waals surface area contributed by atoms with Crippen molar-refractivity contribution in [2.24, 2.45) is 5.92 Å². The van der Waals surface area contributed by atoms with Gasteiger partial charge in [0.05, 0.1) is 32.0 Å². The number of likely N-dealkylation sites (N-methyl/N-ethyl adjacent to an activating group) is 1. The van der Waals surface area contributed by atoms with Crippen LogP contribution >= 0.6 is 0 Å². The van der Waals surface area contributed by atoms with Crippen LogP contribution in [0.2, 0.25) is 0 Å². The third kappa shape index (κ3) is 3.87. The van der Waals surface area contributed by atoms with Crippen LogP contribution in [0.15, 0.2) is 61.1 Å². The predicted molar refractivity (Wildman–Crippen MR) is 129 cm³/mol. The summed E-state index contributed by atoms with van der Waals surface area (Å²) in [7, 11) is 3.65. The zero-order valence-electron chi connectivity index (χ0n) is 19.2. The monoisotopic (exact) mass is 454 g/mol. The smallest absolute Gasteiger partial charge is 0.274 e. The number of hydrogen-bond acceptors (Lipinski definition) is 6. The molecule has 2 aromatic carbocycles. The number of methoxy groups -OCH3 is 1. The van der Waals surface area contributed by atoms with E-state index in [1.54, 1.807) is 13.3 Å². The van der Waals surface area contributed by atoms with Gasteiger partial charge in [-0.05, 0) is 54.4 Å². The Balaban J connectivity index is 1.52. The van der Waals surface area contributed by atoms with Gasteiger partial charge in [-0.15, -0.1) is 0 Å². The van der Waals surface area contributed by atoms with Crippen LogP contribution in [-0.4, -0.2) is 59.2 Å². The average molecular weight is 455 g/mol. The SMILES string of the molecule is COc1ccc(C#Cc2ccc3c(c2)[C@@H]2[C@@H](CCN2C(=O)c2cnccn2)[C@@H](CO)N3C)cc1. The zero-order valence-corrected chi connectivity index (χ0v) is 19.2. The van der Waals surface area contributed by atoms with E-state index in [1.807, 2.05) is 48.3 Å². The summed E-state index contributed by atoms with van der Waals surface area (Å²) in [5.41, 5.74) is 4.17. The second-order valence-electron chi connectivity index (χ2n) is 8.60. The lowest BCUT2D eigenvalue weighted by atomic mass is 9.81. The van der Waals surface area contributed by atoms with Gasteiger partial charge >= 0.3 is 0 Å². The van der Waals surface area contributed by atoms with Gasteiger partial charge in [-0.1, -0.05) is 11.8 Å². The van der Waals surface area contributed by atoms with Crippen molar-refractivity contribution in [2.75, 3.05) is 32.2 Å². The number of anilines is 1. The number of aromatic nitrogens is 2. The van der Waals surface area contributed by atoms with Crippen molar-refractivity contribution in [3.05, 3.63) is 83.4 Å². The molecule has 0 spiro atoms. The van der Waals surface area contributed by atoms with E-state index in [0.29, 0.717) is 12.2 Å². The lowest BCUT2D eigenvalue weighted by Gasteiger charge is -2.44. The topological polar surface area (TPSA) is 78.8 Å². The molecule has 0 saturated carbocycles. The molecule has 0 bridgehead atoms. The van der Waals surface area contributed by atoms with Gasteiger partial charge in [0.25, 0.3) is 5.91 Å². The van der Waals surface area contributed by atoms with Crippen molar-refractivity contribution in [1.82, 2.24) is 14.9 Å². The van der Waals surface area contributed by atoms with Gasteiger partial charge in [-0.3, -0.25) is 9.78 Å². The Morgan fingerprint density at radius 2 is 1.91 bits per heavy atom. The molecule has 3 aromatic rings. The lowest BCUT2D eigenvalue weighted by molar-refractivity contribution is 0.0687. The lowest BCUT2D eigenvalue weighted by Crippen LogP contribution is -2.48. The average Bonchev–Trinajstić information content (AvgIpc) is 3.33. The maximum absolute atomic E-state index is 13.3. The summed E-state index contributed by atoms with van der Waals surface area (Å²) < 4.78 is 5.21. The first kappa shape index (κ1) is 21.9. The molecule has 1 N–H and O–H groups in total. The highest BCUT2D eigenvalue weighted by molar-refractivity contribution is 5.92. The minimum Gasteiger partial charge on any atom is -0.497 e. The summed E-state index contributed by atoms with van der Waals surface area (Å²) in [6.07, 6.45) is 5.41. The van der Waals surface area contributed by atoms with Gasteiger partial charge in [0.2, 0.25) is 0 Å². The van der Waals surface area contributed by atoms with Crippen LogP contribution in [0.1, 0.15) is 39.6 Å². The third-order valence-electron chi connectivity index (χ3n) is 6.83. The number of likely N-dealkylation sites (tertiary alicyclic amines) is 1. The summed E-state index contributed by atoms with van der Waals surface area (Å²) in [5, 5.41) is 10.2. The molecule has 3 atom stereocenters. The Kier molecular flexibility index (Phi) is 5.91. The first-order valence-electron chi connectivity index (χ1n) is 11.3. The number of rotatable bonds is 3. The number of benzene rings is 2. The molecule has 0 aliphatic carbocycles. The highest BCUT2D eigenvalue weighted by Crippen LogP contribution is 2.49. The summed E-state index contributed by atoms with van der Waals surface area (Å²) in [6, 6.07) is 13.5. The molecule has 1 saturated heterocycles. The summed E-state index contributed by atoms with van der Waals surface area (Å²) in [4.78, 5) is 25.6. The molecule has 3 heterocycles. The van der Waals surface area contributed by atoms with E-state index >= 15 is 0 Å². The predicted octanol–water partition coefficient (Wildman–Crippen LogP) is 2.90. The van der Waals surface area contributed by atoms with Crippen LogP contribution in [0.25, 0.3) is 0 Å². The molecule has 172 valence electrons. The van der Waals surface area contributed by atoms with Crippen LogP contribution < -0.4 is 9.64 Å². The fourth-order valence-electron chi connectivity index (χ4n) is 5.13. The zero-order chi connectivity index (χ0) is 23.7. The Labute approximate surface area is 199 Å². The van der Waals surface area contributed by atoms with E-state index in [4.69, 9.17) is 4.74 Å². The molecule has 1 aromatic heterocycles. The molecule has 5 rings (SSSR count). The second kappa shape index (κ2) is 9.16. The first-order chi connectivity index (χ1) is 16.6. The normalized spacial score (nSPS) is 20.7. The number of hydrogen-bond donors (Lipinski definition) is 1. The van der Waals surface area contributed by atoms with E-state index in [-0.39, 0.29) is 30.5 Å². The molecule has 1 amide bonds. The van der Waals surface area contributed by atoms with Crippen LogP contribution in [0.4, 0.5) is 5.69 Å². The molecule has 2 aliphatic rings. The first-order valence-corrected chi connectivity index (χ1v) is 11.3. The van der Waals surface area contributed by atoms with E-state index in [0.717, 1.165) is 34.5 Å². The quantitative estimate of drug-likeness (QED) is 0.613. The fraction of sp³-hybridized carbons (Fsp3) is 0.296. The molecular weight excluding hydrogens is 428 g/mol. The standard InChI is InChI=1S/C27H26N4O3/c1-30-24-10-7-19(4-3-18-5-8-20(34-2)9-6-18)15-22(24)26-21(25(30)17-32)11-14-31(26)27(33)23-16-28-12-13-29-23/h5-10,12-13,15-16,21,25-26,32H,11,14,17H2,1-2H3/t21-,25+,26-/m0/s1. The molecule has 7 heteroatoms. The van der Waals surface area contributed by atoms with Gasteiger partial charge in [0.15, 0.2) is 0 Å². The Morgan fingerprint density at radius 1 is 1.15 bits per heavy atom. The van der Waals surface area contributed by atoms with Gasteiger partial charge in [-0.2, -0.15) is 0 Å². The number of nitrogens with zero attached hydrogens (tertiary/aromatic N) is 4. The van der Waals surface area contributed by atoms with Crippen molar-refractivity contribution in [3.8, 4) is 17.6 Å². The van der Waals surface area contributed by atoms with Crippen LogP contribution in [0.3, 0.4) is 0 Å². The molecular formula is C27H26N4O3. The minimum atomic E-state index is -0.152. The van der Waals surface area contributed by atoms with E-state index in [1.165, 1.54) is 12.4 Å². The molecule has 1 fully saturated rings. The molecule has 0 unspecified atom stereocenters. The summed E-state index contributed by atoms with van der Waals surface area (Å²) in [5.74, 6) is 7.25. The van der Waals surface area contributed by atoms with Gasteiger partial charge in [-0.25, -0.2) is 4.98 Å². The van der Waals surface area contributed by atoms with Crippen molar-refractivity contribution < 1.29 is 14.6 Å². The summed E-state index contributed by atoms with van der Waals surface area (Å²) in [6.45, 7) is 0.638. The number of aliphatic hydroxyl groups is 1. The summed E-state index contributed by atoms with van der Waals surface area (Å²) >= 11 is 0. The van der Waals surface area contributed by atoms with E-state index in [2.05, 4.69) is 32.8 Å². The van der Waals surface area contributed by atoms with Crippen molar-refractivity contribution in [3.63, 3.8) is 0 Å².